The van der Waals surface area contributed by atoms with Gasteiger partial charge in [-0.2, -0.15) is 4.39 Å². The molecule has 0 spiro atoms. The molecule has 1 aliphatic rings. The first-order valence-electron chi connectivity index (χ1n) is 5.53. The number of hydrogen-bond donors (Lipinski definition) is 0. The first-order chi connectivity index (χ1) is 8.08. The molecule has 0 amide bonds. The highest BCUT2D eigenvalue weighted by Gasteiger charge is 2.28. The Hall–Kier alpha value is -1.78. The lowest BCUT2D eigenvalue weighted by Crippen LogP contribution is -2.02. The number of benzene rings is 1. The van der Waals surface area contributed by atoms with Gasteiger partial charge in [-0.3, -0.25) is 14.9 Å². The van der Waals surface area contributed by atoms with Crippen LogP contribution in [0.2, 0.25) is 0 Å². The summed E-state index contributed by atoms with van der Waals surface area (Å²) in [6, 6.07) is 3.78. The van der Waals surface area contributed by atoms with E-state index in [9.17, 15) is 19.3 Å². The van der Waals surface area contributed by atoms with Crippen LogP contribution in [0.3, 0.4) is 0 Å². The van der Waals surface area contributed by atoms with E-state index in [0.29, 0.717) is 18.4 Å². The molecule has 0 aromatic heterocycles. The lowest BCUT2D eigenvalue weighted by atomic mass is 10.0. The van der Waals surface area contributed by atoms with Gasteiger partial charge in [0.1, 0.15) is 5.78 Å². The van der Waals surface area contributed by atoms with Crippen molar-refractivity contribution in [2.24, 2.45) is 5.92 Å². The number of carbonyl (C=O) groups excluding carboxylic acids is 1. The summed E-state index contributed by atoms with van der Waals surface area (Å²) in [6.45, 7) is 0. The van der Waals surface area contributed by atoms with Gasteiger partial charge in [0.25, 0.3) is 0 Å². The third-order valence-electron chi connectivity index (χ3n) is 2.90. The van der Waals surface area contributed by atoms with Crippen molar-refractivity contribution in [3.05, 3.63) is 39.7 Å². The van der Waals surface area contributed by atoms with Crippen molar-refractivity contribution >= 4 is 11.5 Å². The molecule has 0 N–H and O–H groups in total. The zero-order valence-electron chi connectivity index (χ0n) is 9.19. The van der Waals surface area contributed by atoms with Gasteiger partial charge >= 0.3 is 5.69 Å². The number of nitro groups is 1. The Morgan fingerprint density at radius 3 is 2.71 bits per heavy atom. The lowest BCUT2D eigenvalue weighted by Gasteiger charge is -2.01. The largest absolute Gasteiger partial charge is 0.304 e. The zero-order chi connectivity index (χ0) is 12.4. The minimum atomic E-state index is -0.841. The van der Waals surface area contributed by atoms with Crippen molar-refractivity contribution in [2.45, 2.75) is 25.7 Å². The van der Waals surface area contributed by atoms with E-state index in [1.807, 2.05) is 0 Å². The first kappa shape index (κ1) is 11.7. The Bertz CT molecular complexity index is 469. The predicted molar refractivity (Wildman–Crippen MR) is 59.1 cm³/mol. The highest BCUT2D eigenvalue weighted by Crippen LogP contribution is 2.31. The van der Waals surface area contributed by atoms with Crippen molar-refractivity contribution in [3.8, 4) is 0 Å². The quantitative estimate of drug-likeness (QED) is 0.584. The average molecular weight is 237 g/mol. The summed E-state index contributed by atoms with van der Waals surface area (Å²) >= 11 is 0. The van der Waals surface area contributed by atoms with Crippen LogP contribution in [0.25, 0.3) is 0 Å². The molecule has 1 aromatic rings. The number of nitro benzene ring substituents is 1. The summed E-state index contributed by atoms with van der Waals surface area (Å²) < 4.78 is 13.3. The van der Waals surface area contributed by atoms with E-state index < -0.39 is 16.4 Å². The monoisotopic (exact) mass is 237 g/mol. The highest BCUT2D eigenvalue weighted by atomic mass is 19.1. The Labute approximate surface area is 97.6 Å². The van der Waals surface area contributed by atoms with Crippen LogP contribution < -0.4 is 0 Å². The Balaban J connectivity index is 1.99. The van der Waals surface area contributed by atoms with Crippen molar-refractivity contribution in [1.82, 2.24) is 0 Å². The number of ketones is 1. The summed E-state index contributed by atoms with van der Waals surface area (Å²) in [5.74, 6) is -0.423. The normalized spacial score (nSPS) is 14.6. The maximum atomic E-state index is 13.3. The average Bonchev–Trinajstić information content (AvgIpc) is 3.09. The molecule has 90 valence electrons. The Morgan fingerprint density at radius 2 is 2.18 bits per heavy atom. The maximum absolute atomic E-state index is 13.3. The zero-order valence-corrected chi connectivity index (χ0v) is 9.19. The van der Waals surface area contributed by atoms with E-state index in [1.54, 1.807) is 0 Å². The summed E-state index contributed by atoms with van der Waals surface area (Å²) in [7, 11) is 0. The Kier molecular flexibility index (Phi) is 3.17. The van der Waals surface area contributed by atoms with Gasteiger partial charge in [-0.05, 0) is 30.9 Å². The molecule has 5 heteroatoms. The molecule has 0 radical (unpaired) electrons. The molecule has 1 aliphatic carbocycles. The van der Waals surface area contributed by atoms with Gasteiger partial charge in [0.05, 0.1) is 4.92 Å². The second-order valence-electron chi connectivity index (χ2n) is 4.28. The minimum Gasteiger partial charge on any atom is -0.299 e. The van der Waals surface area contributed by atoms with Gasteiger partial charge in [-0.1, -0.05) is 6.07 Å². The van der Waals surface area contributed by atoms with E-state index in [4.69, 9.17) is 0 Å². The van der Waals surface area contributed by atoms with E-state index >= 15 is 0 Å². The molecule has 0 aliphatic heterocycles. The lowest BCUT2D eigenvalue weighted by molar-refractivity contribution is -0.387. The first-order valence-corrected chi connectivity index (χ1v) is 5.53. The van der Waals surface area contributed by atoms with Gasteiger partial charge < -0.3 is 0 Å². The van der Waals surface area contributed by atoms with Crippen LogP contribution in [0.15, 0.2) is 18.2 Å². The molecule has 0 atom stereocenters. The van der Waals surface area contributed by atoms with Gasteiger partial charge in [0.15, 0.2) is 0 Å². The van der Waals surface area contributed by atoms with E-state index in [0.717, 1.165) is 25.0 Å². The molecule has 0 bridgehead atoms. The highest BCUT2D eigenvalue weighted by molar-refractivity contribution is 5.83. The number of carbonyl (C=O) groups is 1. The third kappa shape index (κ3) is 2.87. The summed E-state index contributed by atoms with van der Waals surface area (Å²) in [6.07, 6.45) is 2.77. The molecule has 0 unspecified atom stereocenters. The molecule has 1 fully saturated rings. The van der Waals surface area contributed by atoms with Gasteiger partial charge in [-0.15, -0.1) is 0 Å². The molecule has 0 saturated heterocycles. The minimum absolute atomic E-state index is 0.206. The molecular formula is C12H12FNO3. The van der Waals surface area contributed by atoms with Gasteiger partial charge in [0, 0.05) is 18.4 Å². The molecule has 17 heavy (non-hydrogen) atoms. The number of nitrogens with zero attached hydrogens (tertiary/aromatic N) is 1. The van der Waals surface area contributed by atoms with Crippen molar-refractivity contribution in [2.75, 3.05) is 0 Å². The van der Waals surface area contributed by atoms with Crippen molar-refractivity contribution in [3.63, 3.8) is 0 Å². The summed E-state index contributed by atoms with van der Waals surface area (Å²) in [5, 5.41) is 10.4. The fourth-order valence-corrected chi connectivity index (χ4v) is 1.73. The Morgan fingerprint density at radius 1 is 1.47 bits per heavy atom. The topological polar surface area (TPSA) is 60.2 Å². The number of rotatable bonds is 5. The number of halogens is 1. The standard InChI is InChI=1S/C12H12FNO3/c13-10-7-8(1-5-11(10)14(16)17)2-6-12(15)9-3-4-9/h1,5,7,9H,2-4,6H2. The molecular weight excluding hydrogens is 225 g/mol. The fourth-order valence-electron chi connectivity index (χ4n) is 1.73. The molecule has 4 nitrogen and oxygen atoms in total. The smallest absolute Gasteiger partial charge is 0.299 e. The third-order valence-corrected chi connectivity index (χ3v) is 2.90. The van der Waals surface area contributed by atoms with Crippen LogP contribution in [0.4, 0.5) is 10.1 Å². The van der Waals surface area contributed by atoms with Crippen LogP contribution in [0, 0.1) is 21.8 Å². The van der Waals surface area contributed by atoms with Gasteiger partial charge in [-0.25, -0.2) is 0 Å². The molecule has 1 aromatic carbocycles. The van der Waals surface area contributed by atoms with Gasteiger partial charge in [0.2, 0.25) is 5.82 Å². The van der Waals surface area contributed by atoms with Crippen molar-refractivity contribution in [1.29, 1.82) is 0 Å². The van der Waals surface area contributed by atoms with Crippen molar-refractivity contribution < 1.29 is 14.1 Å². The second kappa shape index (κ2) is 4.61. The number of aryl methyl sites for hydroxylation is 1. The van der Waals surface area contributed by atoms with Crippen LogP contribution in [0.1, 0.15) is 24.8 Å². The number of Topliss-reactive ketones (excluding diaryl/α,β-unsaturated/α-hetero) is 1. The summed E-state index contributed by atoms with van der Waals surface area (Å²) in [4.78, 5) is 21.1. The van der Waals surface area contributed by atoms with Crippen LogP contribution in [-0.4, -0.2) is 10.7 Å². The molecule has 1 saturated carbocycles. The predicted octanol–water partition coefficient (Wildman–Crippen LogP) is 2.65. The van der Waals surface area contributed by atoms with E-state index in [2.05, 4.69) is 0 Å². The maximum Gasteiger partial charge on any atom is 0.304 e. The summed E-state index contributed by atoms with van der Waals surface area (Å²) in [5.41, 5.74) is 0.101. The SMILES string of the molecule is O=C(CCc1ccc([N+](=O)[O-])c(F)c1)C1CC1. The number of hydrogen-bond acceptors (Lipinski definition) is 3. The van der Waals surface area contributed by atoms with E-state index in [1.165, 1.54) is 6.07 Å². The molecule has 0 heterocycles. The van der Waals surface area contributed by atoms with Crippen LogP contribution >= 0.6 is 0 Å². The van der Waals surface area contributed by atoms with E-state index in [-0.39, 0.29) is 11.7 Å². The van der Waals surface area contributed by atoms with Crippen LogP contribution in [-0.2, 0) is 11.2 Å². The fraction of sp³-hybridized carbons (Fsp3) is 0.417. The second-order valence-corrected chi connectivity index (χ2v) is 4.28. The molecule has 2 rings (SSSR count). The van der Waals surface area contributed by atoms with Crippen LogP contribution in [0.5, 0.6) is 0 Å².